The van der Waals surface area contributed by atoms with Crippen LogP contribution in [-0.2, 0) is 4.74 Å². The Morgan fingerprint density at radius 3 is 2.77 bits per heavy atom. The Morgan fingerprint density at radius 2 is 2.19 bits per heavy atom. The summed E-state index contributed by atoms with van der Waals surface area (Å²) < 4.78 is 5.57. The predicted octanol–water partition coefficient (Wildman–Crippen LogP) is 0.826. The van der Waals surface area contributed by atoms with Crippen molar-refractivity contribution < 1.29 is 14.9 Å². The third-order valence-electron chi connectivity index (χ3n) is 5.15. The van der Waals surface area contributed by atoms with Crippen LogP contribution in [-0.4, -0.2) is 52.6 Å². The zero-order valence-corrected chi connectivity index (χ0v) is 14.8. The maximum absolute atomic E-state index is 12.3. The van der Waals surface area contributed by atoms with Crippen LogP contribution in [0.5, 0.6) is 0 Å². The van der Waals surface area contributed by atoms with Crippen LogP contribution >= 0.6 is 0 Å². The van der Waals surface area contributed by atoms with Gasteiger partial charge in [0.2, 0.25) is 0 Å². The SMILES string of the molecule is COC1(C)CCN(c2c(C#N)c(=O)[nH]c3cnc(C(O)CO)cc23)CC1. The monoisotopic (exact) mass is 358 g/mol. The van der Waals surface area contributed by atoms with Crippen LogP contribution in [0.1, 0.15) is 37.1 Å². The first kappa shape index (κ1) is 18.3. The molecule has 1 aliphatic heterocycles. The van der Waals surface area contributed by atoms with Crippen molar-refractivity contribution in [1.29, 1.82) is 5.26 Å². The fourth-order valence-corrected chi connectivity index (χ4v) is 3.31. The number of hydrogen-bond acceptors (Lipinski definition) is 7. The largest absolute Gasteiger partial charge is 0.393 e. The van der Waals surface area contributed by atoms with Gasteiger partial charge in [-0.3, -0.25) is 9.78 Å². The number of nitrogens with one attached hydrogen (secondary N) is 1. The lowest BCUT2D eigenvalue weighted by atomic mass is 9.92. The van der Waals surface area contributed by atoms with E-state index in [1.807, 2.05) is 17.9 Å². The minimum absolute atomic E-state index is 0.0363. The number of methoxy groups -OCH3 is 1. The van der Waals surface area contributed by atoms with Crippen molar-refractivity contribution in [3.8, 4) is 6.07 Å². The van der Waals surface area contributed by atoms with E-state index in [9.17, 15) is 20.3 Å². The van der Waals surface area contributed by atoms with Crippen molar-refractivity contribution in [2.24, 2.45) is 0 Å². The second kappa shape index (κ2) is 7.03. The van der Waals surface area contributed by atoms with Crippen LogP contribution < -0.4 is 10.5 Å². The van der Waals surface area contributed by atoms with Gasteiger partial charge in [0.05, 0.1) is 35.3 Å². The molecule has 138 valence electrons. The van der Waals surface area contributed by atoms with Gasteiger partial charge in [0.15, 0.2) is 0 Å². The minimum atomic E-state index is -1.12. The number of pyridine rings is 2. The Morgan fingerprint density at radius 1 is 1.50 bits per heavy atom. The summed E-state index contributed by atoms with van der Waals surface area (Å²) in [5, 5.41) is 29.2. The molecule has 2 aromatic heterocycles. The van der Waals surface area contributed by atoms with E-state index in [2.05, 4.69) is 9.97 Å². The average molecular weight is 358 g/mol. The molecule has 0 radical (unpaired) electrons. The highest BCUT2D eigenvalue weighted by molar-refractivity contribution is 5.94. The molecule has 1 unspecified atom stereocenters. The summed E-state index contributed by atoms with van der Waals surface area (Å²) in [7, 11) is 1.69. The summed E-state index contributed by atoms with van der Waals surface area (Å²) in [6.07, 6.45) is 1.85. The van der Waals surface area contributed by atoms with E-state index < -0.39 is 18.3 Å². The van der Waals surface area contributed by atoms with Gasteiger partial charge in [0.25, 0.3) is 5.56 Å². The second-order valence-corrected chi connectivity index (χ2v) is 6.78. The van der Waals surface area contributed by atoms with Gasteiger partial charge in [0.1, 0.15) is 17.7 Å². The molecule has 3 N–H and O–H groups in total. The molecule has 1 aliphatic rings. The molecule has 8 heteroatoms. The number of hydrogen-bond donors (Lipinski definition) is 3. The molecule has 0 aliphatic carbocycles. The molecule has 1 atom stereocenters. The fraction of sp³-hybridized carbons (Fsp3) is 0.500. The van der Waals surface area contributed by atoms with E-state index in [1.165, 1.54) is 6.20 Å². The minimum Gasteiger partial charge on any atom is -0.393 e. The topological polar surface area (TPSA) is 122 Å². The number of rotatable bonds is 4. The summed E-state index contributed by atoms with van der Waals surface area (Å²) in [6, 6.07) is 3.62. The molecule has 2 aromatic rings. The fourth-order valence-electron chi connectivity index (χ4n) is 3.31. The smallest absolute Gasteiger partial charge is 0.268 e. The van der Waals surface area contributed by atoms with Crippen molar-refractivity contribution in [2.45, 2.75) is 31.5 Å². The highest BCUT2D eigenvalue weighted by Crippen LogP contribution is 2.34. The van der Waals surface area contributed by atoms with Gasteiger partial charge < -0.3 is 24.8 Å². The molecular formula is C18H22N4O4. The zero-order chi connectivity index (χ0) is 18.9. The maximum atomic E-state index is 12.3. The maximum Gasteiger partial charge on any atom is 0.268 e. The van der Waals surface area contributed by atoms with Crippen molar-refractivity contribution >= 4 is 16.6 Å². The molecule has 1 saturated heterocycles. The number of ether oxygens (including phenoxy) is 1. The predicted molar refractivity (Wildman–Crippen MR) is 96.0 cm³/mol. The number of fused-ring (bicyclic) bond motifs is 1. The van der Waals surface area contributed by atoms with Gasteiger partial charge >= 0.3 is 0 Å². The van der Waals surface area contributed by atoms with Crippen molar-refractivity contribution in [1.82, 2.24) is 9.97 Å². The summed E-state index contributed by atoms with van der Waals surface area (Å²) >= 11 is 0. The number of piperidine rings is 1. The number of anilines is 1. The van der Waals surface area contributed by atoms with E-state index in [-0.39, 0.29) is 16.9 Å². The second-order valence-electron chi connectivity index (χ2n) is 6.78. The number of aliphatic hydroxyl groups is 2. The van der Waals surface area contributed by atoms with Crippen LogP contribution in [0.2, 0.25) is 0 Å². The third-order valence-corrected chi connectivity index (χ3v) is 5.15. The summed E-state index contributed by atoms with van der Waals surface area (Å²) in [4.78, 5) is 21.1. The normalized spacial score (nSPS) is 17.9. The number of nitrogens with zero attached hydrogens (tertiary/aromatic N) is 3. The summed E-state index contributed by atoms with van der Waals surface area (Å²) in [6.45, 7) is 2.86. The lowest BCUT2D eigenvalue weighted by molar-refractivity contribution is -0.0132. The third kappa shape index (κ3) is 3.17. The molecule has 3 rings (SSSR count). The molecule has 3 heterocycles. The number of aromatic nitrogens is 2. The van der Waals surface area contributed by atoms with Gasteiger partial charge in [0, 0.05) is 25.6 Å². The lowest BCUT2D eigenvalue weighted by Crippen LogP contribution is -2.44. The first-order valence-electron chi connectivity index (χ1n) is 8.47. The van der Waals surface area contributed by atoms with Crippen LogP contribution in [0.3, 0.4) is 0 Å². The van der Waals surface area contributed by atoms with Crippen molar-refractivity contribution in [2.75, 3.05) is 31.7 Å². The molecule has 0 bridgehead atoms. The Bertz CT molecular complexity index is 910. The van der Waals surface area contributed by atoms with E-state index in [0.717, 1.165) is 12.8 Å². The zero-order valence-electron chi connectivity index (χ0n) is 14.8. The van der Waals surface area contributed by atoms with Gasteiger partial charge in [-0.15, -0.1) is 0 Å². The van der Waals surface area contributed by atoms with Crippen molar-refractivity contribution in [3.63, 3.8) is 0 Å². The average Bonchev–Trinajstić information content (AvgIpc) is 2.66. The van der Waals surface area contributed by atoms with Crippen LogP contribution in [0.25, 0.3) is 10.9 Å². The van der Waals surface area contributed by atoms with Gasteiger partial charge in [-0.2, -0.15) is 5.26 Å². The van der Waals surface area contributed by atoms with Gasteiger partial charge in [-0.05, 0) is 25.8 Å². The van der Waals surface area contributed by atoms with Crippen LogP contribution in [0.15, 0.2) is 17.1 Å². The molecule has 26 heavy (non-hydrogen) atoms. The lowest BCUT2D eigenvalue weighted by Gasteiger charge is -2.40. The number of aliphatic hydroxyl groups excluding tert-OH is 2. The standard InChI is InChI=1S/C18H22N4O4/c1-18(26-2)3-5-22(6-4-18)16-11-7-13(15(24)10-23)20-9-14(11)21-17(25)12(16)8-19/h7,9,15,23-24H,3-6,10H2,1-2H3,(H,21,25). The first-order chi connectivity index (χ1) is 12.4. The summed E-state index contributed by atoms with van der Waals surface area (Å²) in [5.41, 5.74) is 0.661. The summed E-state index contributed by atoms with van der Waals surface area (Å²) in [5.74, 6) is 0. The van der Waals surface area contributed by atoms with E-state index >= 15 is 0 Å². The molecule has 1 fully saturated rings. The molecule has 0 saturated carbocycles. The number of nitriles is 1. The van der Waals surface area contributed by atoms with E-state index in [4.69, 9.17) is 4.74 Å². The Kier molecular flexibility index (Phi) is 4.96. The van der Waals surface area contributed by atoms with Crippen LogP contribution in [0.4, 0.5) is 5.69 Å². The van der Waals surface area contributed by atoms with Gasteiger partial charge in [-0.25, -0.2) is 0 Å². The quantitative estimate of drug-likeness (QED) is 0.739. The molecular weight excluding hydrogens is 336 g/mol. The Labute approximate surface area is 150 Å². The highest BCUT2D eigenvalue weighted by Gasteiger charge is 2.32. The molecule has 8 nitrogen and oxygen atoms in total. The molecule has 0 amide bonds. The Balaban J connectivity index is 2.15. The Hall–Kier alpha value is -2.47. The van der Waals surface area contributed by atoms with E-state index in [1.54, 1.807) is 13.2 Å². The van der Waals surface area contributed by atoms with Crippen LogP contribution in [0, 0.1) is 11.3 Å². The molecule has 0 aromatic carbocycles. The number of aromatic amines is 1. The first-order valence-corrected chi connectivity index (χ1v) is 8.47. The molecule has 0 spiro atoms. The highest BCUT2D eigenvalue weighted by atomic mass is 16.5. The van der Waals surface area contributed by atoms with E-state index in [0.29, 0.717) is 29.7 Å². The van der Waals surface area contributed by atoms with Gasteiger partial charge in [-0.1, -0.05) is 0 Å². The van der Waals surface area contributed by atoms with Crippen molar-refractivity contribution in [3.05, 3.63) is 33.9 Å². The number of H-pyrrole nitrogens is 1.